The standard InChI is InChI=1S/C19H17BrO4/c1-23-16-5-3-4-13(10-16)6-8-15(21)9-7-14-11-17(20)19(22)18(12-14)24-2/h3-12,22H,1-2H3/b8-6+,9-7+. The minimum Gasteiger partial charge on any atom is -0.503 e. The fraction of sp³-hybridized carbons (Fsp3) is 0.105. The van der Waals surface area contributed by atoms with Crippen LogP contribution in [-0.4, -0.2) is 25.1 Å². The first kappa shape index (κ1) is 17.8. The van der Waals surface area contributed by atoms with E-state index in [-0.39, 0.29) is 11.5 Å². The lowest BCUT2D eigenvalue weighted by atomic mass is 10.1. The monoisotopic (exact) mass is 388 g/mol. The average Bonchev–Trinajstić information content (AvgIpc) is 2.60. The number of carbonyl (C=O) groups excluding carboxylic acids is 1. The summed E-state index contributed by atoms with van der Waals surface area (Å²) in [6.45, 7) is 0. The quantitative estimate of drug-likeness (QED) is 0.741. The molecule has 4 nitrogen and oxygen atoms in total. The van der Waals surface area contributed by atoms with Gasteiger partial charge in [-0.05, 0) is 63.5 Å². The number of allylic oxidation sites excluding steroid dienone is 2. The van der Waals surface area contributed by atoms with E-state index in [1.54, 1.807) is 31.4 Å². The molecule has 124 valence electrons. The molecule has 0 atom stereocenters. The van der Waals surface area contributed by atoms with Gasteiger partial charge in [-0.25, -0.2) is 0 Å². The highest BCUT2D eigenvalue weighted by molar-refractivity contribution is 9.10. The first-order valence-corrected chi connectivity index (χ1v) is 7.93. The van der Waals surface area contributed by atoms with Crippen LogP contribution in [0.3, 0.4) is 0 Å². The Balaban J connectivity index is 2.10. The van der Waals surface area contributed by atoms with Crippen molar-refractivity contribution in [3.63, 3.8) is 0 Å². The topological polar surface area (TPSA) is 55.8 Å². The van der Waals surface area contributed by atoms with Crippen molar-refractivity contribution in [1.29, 1.82) is 0 Å². The number of rotatable bonds is 6. The van der Waals surface area contributed by atoms with Gasteiger partial charge in [0.25, 0.3) is 0 Å². The predicted molar refractivity (Wildman–Crippen MR) is 98.4 cm³/mol. The third kappa shape index (κ3) is 4.73. The molecule has 0 radical (unpaired) electrons. The maximum absolute atomic E-state index is 12.0. The lowest BCUT2D eigenvalue weighted by Gasteiger charge is -2.06. The van der Waals surface area contributed by atoms with E-state index in [4.69, 9.17) is 9.47 Å². The zero-order chi connectivity index (χ0) is 17.5. The number of hydrogen-bond acceptors (Lipinski definition) is 4. The Hall–Kier alpha value is -2.53. The van der Waals surface area contributed by atoms with Crippen LogP contribution in [0.4, 0.5) is 0 Å². The molecule has 0 aliphatic heterocycles. The largest absolute Gasteiger partial charge is 0.503 e. The van der Waals surface area contributed by atoms with Crippen LogP contribution in [0.15, 0.2) is 53.0 Å². The SMILES string of the molecule is COc1cccc(/C=C/C(=O)/C=C/c2cc(Br)c(O)c(OC)c2)c1. The zero-order valence-electron chi connectivity index (χ0n) is 13.3. The Kier molecular flexibility index (Phi) is 6.21. The maximum atomic E-state index is 12.0. The number of methoxy groups -OCH3 is 2. The third-order valence-electron chi connectivity index (χ3n) is 3.24. The van der Waals surface area contributed by atoms with Crippen LogP contribution in [-0.2, 0) is 4.79 Å². The second kappa shape index (κ2) is 8.36. The highest BCUT2D eigenvalue weighted by Gasteiger charge is 2.07. The number of aromatic hydroxyl groups is 1. The van der Waals surface area contributed by atoms with E-state index in [1.165, 1.54) is 19.3 Å². The molecule has 0 amide bonds. The normalized spacial score (nSPS) is 11.1. The molecule has 0 heterocycles. The van der Waals surface area contributed by atoms with Gasteiger partial charge < -0.3 is 14.6 Å². The summed E-state index contributed by atoms with van der Waals surface area (Å²) < 4.78 is 10.7. The summed E-state index contributed by atoms with van der Waals surface area (Å²) in [4.78, 5) is 12.0. The Morgan fingerprint density at radius 1 is 1.04 bits per heavy atom. The molecule has 0 saturated heterocycles. The summed E-state index contributed by atoms with van der Waals surface area (Å²) in [5, 5.41) is 9.77. The Morgan fingerprint density at radius 3 is 2.42 bits per heavy atom. The number of benzene rings is 2. The van der Waals surface area contributed by atoms with Gasteiger partial charge >= 0.3 is 0 Å². The van der Waals surface area contributed by atoms with Gasteiger partial charge in [0.1, 0.15) is 5.75 Å². The van der Waals surface area contributed by atoms with Crippen LogP contribution in [0, 0.1) is 0 Å². The van der Waals surface area contributed by atoms with E-state index in [0.29, 0.717) is 10.2 Å². The zero-order valence-corrected chi connectivity index (χ0v) is 14.9. The van der Waals surface area contributed by atoms with Gasteiger partial charge in [0.05, 0.1) is 18.7 Å². The van der Waals surface area contributed by atoms with Gasteiger partial charge in [0, 0.05) is 0 Å². The fourth-order valence-electron chi connectivity index (χ4n) is 2.00. The van der Waals surface area contributed by atoms with Crippen molar-refractivity contribution in [1.82, 2.24) is 0 Å². The Morgan fingerprint density at radius 2 is 1.75 bits per heavy atom. The van der Waals surface area contributed by atoms with E-state index in [2.05, 4.69) is 15.9 Å². The molecule has 5 heteroatoms. The molecular formula is C19H17BrO4. The van der Waals surface area contributed by atoms with Crippen molar-refractivity contribution < 1.29 is 19.4 Å². The van der Waals surface area contributed by atoms with Crippen molar-refractivity contribution in [2.45, 2.75) is 0 Å². The number of phenolic OH excluding ortho intramolecular Hbond substituents is 1. The van der Waals surface area contributed by atoms with Crippen molar-refractivity contribution in [2.75, 3.05) is 14.2 Å². The highest BCUT2D eigenvalue weighted by atomic mass is 79.9. The molecule has 0 bridgehead atoms. The number of phenols is 1. The van der Waals surface area contributed by atoms with Gasteiger partial charge in [-0.3, -0.25) is 4.79 Å². The lowest BCUT2D eigenvalue weighted by molar-refractivity contribution is -0.110. The van der Waals surface area contributed by atoms with Crippen LogP contribution in [0.2, 0.25) is 0 Å². The number of carbonyl (C=O) groups is 1. The second-order valence-corrected chi connectivity index (χ2v) is 5.75. The first-order chi connectivity index (χ1) is 11.5. The number of halogens is 1. The Bertz CT molecular complexity index is 794. The average molecular weight is 389 g/mol. The van der Waals surface area contributed by atoms with Gasteiger partial charge in [-0.15, -0.1) is 0 Å². The number of hydrogen-bond donors (Lipinski definition) is 1. The first-order valence-electron chi connectivity index (χ1n) is 7.14. The van der Waals surface area contributed by atoms with E-state index in [0.717, 1.165) is 16.9 Å². The molecule has 24 heavy (non-hydrogen) atoms. The molecule has 0 aliphatic carbocycles. The number of ketones is 1. The lowest BCUT2D eigenvalue weighted by Crippen LogP contribution is -1.88. The van der Waals surface area contributed by atoms with Gasteiger partial charge in [0.2, 0.25) is 0 Å². The van der Waals surface area contributed by atoms with Crippen LogP contribution in [0.1, 0.15) is 11.1 Å². The van der Waals surface area contributed by atoms with Crippen molar-refractivity contribution in [3.8, 4) is 17.2 Å². The maximum Gasteiger partial charge on any atom is 0.178 e. The van der Waals surface area contributed by atoms with Gasteiger partial charge in [-0.2, -0.15) is 0 Å². The second-order valence-electron chi connectivity index (χ2n) is 4.90. The predicted octanol–water partition coefficient (Wildman–Crippen LogP) is 4.47. The summed E-state index contributed by atoms with van der Waals surface area (Å²) in [6.07, 6.45) is 6.32. The van der Waals surface area contributed by atoms with Crippen molar-refractivity contribution >= 4 is 33.9 Å². The minimum absolute atomic E-state index is 0.0268. The van der Waals surface area contributed by atoms with Crippen LogP contribution in [0.5, 0.6) is 17.2 Å². The molecule has 0 saturated carbocycles. The molecule has 2 aromatic rings. The third-order valence-corrected chi connectivity index (χ3v) is 3.85. The van der Waals surface area contributed by atoms with Crippen molar-refractivity contribution in [3.05, 3.63) is 64.1 Å². The van der Waals surface area contributed by atoms with Crippen LogP contribution >= 0.6 is 15.9 Å². The molecule has 0 aromatic heterocycles. The molecule has 1 N–H and O–H groups in total. The summed E-state index contributed by atoms with van der Waals surface area (Å²) in [5.41, 5.74) is 1.62. The smallest absolute Gasteiger partial charge is 0.178 e. The van der Waals surface area contributed by atoms with E-state index < -0.39 is 0 Å². The molecule has 0 unspecified atom stereocenters. The molecular weight excluding hydrogens is 372 g/mol. The van der Waals surface area contributed by atoms with Crippen LogP contribution < -0.4 is 9.47 Å². The summed E-state index contributed by atoms with van der Waals surface area (Å²) >= 11 is 3.24. The van der Waals surface area contributed by atoms with Gasteiger partial charge in [-0.1, -0.05) is 24.3 Å². The van der Waals surface area contributed by atoms with E-state index in [9.17, 15) is 9.90 Å². The molecule has 2 rings (SSSR count). The molecule has 0 spiro atoms. The number of ether oxygens (including phenoxy) is 2. The summed E-state index contributed by atoms with van der Waals surface area (Å²) in [7, 11) is 3.07. The van der Waals surface area contributed by atoms with Crippen molar-refractivity contribution in [2.24, 2.45) is 0 Å². The summed E-state index contributed by atoms with van der Waals surface area (Å²) in [6, 6.07) is 10.8. The van der Waals surface area contributed by atoms with Crippen LogP contribution in [0.25, 0.3) is 12.2 Å². The molecule has 0 fully saturated rings. The Labute approximate surface area is 149 Å². The summed E-state index contributed by atoms with van der Waals surface area (Å²) in [5.74, 6) is 0.949. The fourth-order valence-corrected chi connectivity index (χ4v) is 2.46. The highest BCUT2D eigenvalue weighted by Crippen LogP contribution is 2.35. The molecule has 0 aliphatic rings. The van der Waals surface area contributed by atoms with E-state index in [1.807, 2.05) is 24.3 Å². The van der Waals surface area contributed by atoms with E-state index >= 15 is 0 Å². The molecule has 2 aromatic carbocycles. The van der Waals surface area contributed by atoms with Gasteiger partial charge in [0.15, 0.2) is 17.3 Å². The minimum atomic E-state index is -0.152.